The van der Waals surface area contributed by atoms with Crippen molar-refractivity contribution in [2.45, 2.75) is 31.5 Å². The van der Waals surface area contributed by atoms with Crippen LogP contribution in [0.3, 0.4) is 0 Å². The van der Waals surface area contributed by atoms with Crippen LogP contribution in [-0.4, -0.2) is 106 Å². The van der Waals surface area contributed by atoms with Crippen molar-refractivity contribution < 1.29 is 78.7 Å². The van der Waals surface area contributed by atoms with Crippen molar-refractivity contribution in [1.82, 2.24) is 15.1 Å². The molecule has 2 rings (SSSR count). The van der Waals surface area contributed by atoms with E-state index in [2.05, 4.69) is 15.5 Å². The number of carbonyl (C=O) groups is 4. The van der Waals surface area contributed by atoms with E-state index in [1.165, 1.54) is 0 Å². The Morgan fingerprint density at radius 1 is 0.909 bits per heavy atom. The second kappa shape index (κ2) is 18.1. The Labute approximate surface area is 241 Å². The van der Waals surface area contributed by atoms with Gasteiger partial charge >= 0.3 is 36.4 Å². The quantitative estimate of drug-likeness (QED) is 0.238. The summed E-state index contributed by atoms with van der Waals surface area (Å²) in [5.41, 5.74) is 8.13. The van der Waals surface area contributed by atoms with Crippen LogP contribution in [0.5, 0.6) is 5.75 Å². The summed E-state index contributed by atoms with van der Waals surface area (Å²) >= 11 is 0. The summed E-state index contributed by atoms with van der Waals surface area (Å²) in [6.45, 7) is 2.93. The largest absolute Gasteiger partial charge is 0.490 e. The van der Waals surface area contributed by atoms with Gasteiger partial charge in [0.2, 0.25) is 5.91 Å². The standard InChI is InChI=1S/C16H23N5O2.3C2HF3O2/c1-11(17)16(22)20-14-5-4-12(13-9-18-19-10-13)8-15(14)23-7-6-21(2)3;3*3-2(4,5)1(6)7/h4-5,8-11H,6-7,17H2,1-3H3,(H,18,19)(H,20,22);3*(H,6,7)/t11-;;;/m1.../s1. The number of nitrogens with two attached hydrogens (primary N) is 1. The number of carboxylic acids is 3. The average Bonchev–Trinajstić information content (AvgIpc) is 3.39. The highest BCUT2D eigenvalue weighted by molar-refractivity contribution is 5.96. The summed E-state index contributed by atoms with van der Waals surface area (Å²) in [7, 11) is 3.95. The van der Waals surface area contributed by atoms with Crippen LogP contribution >= 0.6 is 0 Å². The van der Waals surface area contributed by atoms with Crippen molar-refractivity contribution in [3.63, 3.8) is 0 Å². The zero-order chi connectivity index (χ0) is 35.1. The molecule has 0 unspecified atom stereocenters. The number of aromatic nitrogens is 2. The Morgan fingerprint density at radius 2 is 1.34 bits per heavy atom. The number of anilines is 1. The van der Waals surface area contributed by atoms with Crippen LogP contribution in [0.2, 0.25) is 0 Å². The molecule has 0 aliphatic rings. The Morgan fingerprint density at radius 3 is 1.66 bits per heavy atom. The number of hydrogen-bond donors (Lipinski definition) is 6. The number of amides is 1. The number of hydrogen-bond acceptors (Lipinski definition) is 8. The first-order valence-electron chi connectivity index (χ1n) is 11.2. The number of ether oxygens (including phenoxy) is 1. The minimum atomic E-state index is -5.08. The number of aliphatic carboxylic acids is 3. The molecule has 1 amide bonds. The number of halogens is 9. The molecule has 44 heavy (non-hydrogen) atoms. The number of nitrogens with zero attached hydrogens (tertiary/aromatic N) is 2. The Kier molecular flexibility index (Phi) is 17.1. The van der Waals surface area contributed by atoms with Gasteiger partial charge in [-0.15, -0.1) is 0 Å². The number of likely N-dealkylation sites (N-methyl/N-ethyl adjacent to an activating group) is 1. The van der Waals surface area contributed by atoms with Crippen molar-refractivity contribution in [3.05, 3.63) is 30.6 Å². The van der Waals surface area contributed by atoms with Crippen molar-refractivity contribution in [2.75, 3.05) is 32.6 Å². The fourth-order valence-electron chi connectivity index (χ4n) is 1.92. The van der Waals surface area contributed by atoms with Crippen LogP contribution in [-0.2, 0) is 19.2 Å². The maximum Gasteiger partial charge on any atom is 0.490 e. The molecule has 0 saturated heterocycles. The Bertz CT molecular complexity index is 1140. The van der Waals surface area contributed by atoms with Gasteiger partial charge in [0.15, 0.2) is 0 Å². The lowest BCUT2D eigenvalue weighted by Crippen LogP contribution is -2.32. The minimum absolute atomic E-state index is 0.251. The fourth-order valence-corrected chi connectivity index (χ4v) is 1.92. The number of rotatable bonds is 7. The first-order chi connectivity index (χ1) is 19.8. The van der Waals surface area contributed by atoms with Gasteiger partial charge in [-0.2, -0.15) is 44.6 Å². The lowest BCUT2D eigenvalue weighted by molar-refractivity contribution is -0.193. The SMILES string of the molecule is C[C@@H](N)C(=O)Nc1ccc(-c2cn[nH]c2)cc1OCCN(C)C.O=C(O)C(F)(F)F.O=C(O)C(F)(F)F.O=C(O)C(F)(F)F. The van der Waals surface area contributed by atoms with Crippen LogP contribution < -0.4 is 15.8 Å². The van der Waals surface area contributed by atoms with Crippen LogP contribution in [0, 0.1) is 0 Å². The lowest BCUT2D eigenvalue weighted by atomic mass is 10.1. The second-order valence-corrected chi connectivity index (χ2v) is 8.04. The molecule has 0 saturated carbocycles. The molecule has 0 fully saturated rings. The van der Waals surface area contributed by atoms with E-state index in [0.717, 1.165) is 17.7 Å². The molecule has 0 radical (unpaired) electrons. The predicted molar refractivity (Wildman–Crippen MR) is 131 cm³/mol. The highest BCUT2D eigenvalue weighted by atomic mass is 19.4. The number of H-pyrrole nitrogens is 1. The number of alkyl halides is 9. The summed E-state index contributed by atoms with van der Waals surface area (Å²) in [6, 6.07) is 5.02. The zero-order valence-electron chi connectivity index (χ0n) is 22.6. The number of aromatic amines is 1. The van der Waals surface area contributed by atoms with E-state index in [1.807, 2.05) is 37.2 Å². The van der Waals surface area contributed by atoms with Crippen LogP contribution in [0.4, 0.5) is 45.2 Å². The van der Waals surface area contributed by atoms with E-state index in [4.69, 9.17) is 40.2 Å². The van der Waals surface area contributed by atoms with Crippen LogP contribution in [0.15, 0.2) is 30.6 Å². The molecule has 22 heteroatoms. The Hall–Kier alpha value is -4.60. The molecular weight excluding hydrogens is 633 g/mol. The molecule has 250 valence electrons. The van der Waals surface area contributed by atoms with E-state index in [1.54, 1.807) is 19.3 Å². The van der Waals surface area contributed by atoms with E-state index >= 15 is 0 Å². The maximum absolute atomic E-state index is 11.8. The topological polar surface area (TPSA) is 208 Å². The van der Waals surface area contributed by atoms with Gasteiger partial charge in [0.05, 0.1) is 17.9 Å². The third kappa shape index (κ3) is 18.8. The Balaban J connectivity index is 0. The average molecular weight is 659 g/mol. The molecule has 0 aliphatic heterocycles. The number of carboxylic acid groups (broad SMARTS) is 3. The molecule has 7 N–H and O–H groups in total. The molecular formula is C22H26F9N5O8. The molecule has 1 heterocycles. The van der Waals surface area contributed by atoms with E-state index < -0.39 is 42.5 Å². The predicted octanol–water partition coefficient (Wildman–Crippen LogP) is 3.20. The van der Waals surface area contributed by atoms with Gasteiger partial charge in [-0.3, -0.25) is 9.89 Å². The van der Waals surface area contributed by atoms with E-state index in [0.29, 0.717) is 18.0 Å². The first-order valence-corrected chi connectivity index (χ1v) is 11.2. The summed E-state index contributed by atoms with van der Waals surface area (Å²) in [6.07, 6.45) is -11.7. The molecule has 2 aromatic rings. The van der Waals surface area contributed by atoms with Crippen LogP contribution in [0.1, 0.15) is 6.92 Å². The highest BCUT2D eigenvalue weighted by Gasteiger charge is 2.39. The minimum Gasteiger partial charge on any atom is -0.490 e. The van der Waals surface area contributed by atoms with Gasteiger partial charge in [0.25, 0.3) is 0 Å². The summed E-state index contributed by atoms with van der Waals surface area (Å²) < 4.78 is 101. The van der Waals surface area contributed by atoms with Gasteiger partial charge < -0.3 is 36.0 Å². The molecule has 0 bridgehead atoms. The number of nitrogens with one attached hydrogen (secondary N) is 2. The molecule has 1 atom stereocenters. The monoisotopic (exact) mass is 659 g/mol. The van der Waals surface area contributed by atoms with E-state index in [-0.39, 0.29) is 5.91 Å². The molecule has 1 aromatic heterocycles. The third-order valence-corrected chi connectivity index (χ3v) is 4.01. The third-order valence-electron chi connectivity index (χ3n) is 4.01. The summed E-state index contributed by atoms with van der Waals surface area (Å²) in [5.74, 6) is -7.91. The van der Waals surface area contributed by atoms with Gasteiger partial charge in [-0.05, 0) is 38.7 Å². The van der Waals surface area contributed by atoms with Crippen LogP contribution in [0.25, 0.3) is 11.1 Å². The first kappa shape index (κ1) is 41.5. The second-order valence-electron chi connectivity index (χ2n) is 8.04. The molecule has 13 nitrogen and oxygen atoms in total. The van der Waals surface area contributed by atoms with Crippen molar-refractivity contribution in [3.8, 4) is 16.9 Å². The zero-order valence-corrected chi connectivity index (χ0v) is 22.6. The highest BCUT2D eigenvalue weighted by Crippen LogP contribution is 2.31. The van der Waals surface area contributed by atoms with E-state index in [9.17, 15) is 44.3 Å². The van der Waals surface area contributed by atoms with Crippen molar-refractivity contribution in [1.29, 1.82) is 0 Å². The van der Waals surface area contributed by atoms with Gasteiger partial charge in [-0.1, -0.05) is 6.07 Å². The molecule has 0 aliphatic carbocycles. The van der Waals surface area contributed by atoms with Gasteiger partial charge in [-0.25, -0.2) is 14.4 Å². The number of benzene rings is 1. The van der Waals surface area contributed by atoms with Crippen molar-refractivity contribution >= 4 is 29.5 Å². The van der Waals surface area contributed by atoms with Gasteiger partial charge in [0, 0.05) is 18.3 Å². The molecule has 0 spiro atoms. The lowest BCUT2D eigenvalue weighted by Gasteiger charge is -2.16. The van der Waals surface area contributed by atoms with Crippen molar-refractivity contribution in [2.24, 2.45) is 5.73 Å². The summed E-state index contributed by atoms with van der Waals surface area (Å²) in [5, 5.41) is 30.9. The molecule has 1 aromatic carbocycles. The smallest absolute Gasteiger partial charge is 0.490 e. The number of carbonyl (C=O) groups excluding carboxylic acids is 1. The normalized spacial score (nSPS) is 11.8. The fraction of sp³-hybridized carbons (Fsp3) is 0.409. The van der Waals surface area contributed by atoms with Gasteiger partial charge in [0.1, 0.15) is 12.4 Å². The summed E-state index contributed by atoms with van der Waals surface area (Å²) in [4.78, 5) is 40.6. The maximum atomic E-state index is 11.8.